The summed E-state index contributed by atoms with van der Waals surface area (Å²) in [6.07, 6.45) is 0. The van der Waals surface area contributed by atoms with Gasteiger partial charge in [0.05, 0.1) is 18.1 Å². The fourth-order valence-corrected chi connectivity index (χ4v) is 3.72. The van der Waals surface area contributed by atoms with Crippen LogP contribution in [0.4, 0.5) is 11.4 Å². The number of nitrogens with zero attached hydrogens (tertiary/aromatic N) is 3. The van der Waals surface area contributed by atoms with E-state index in [1.807, 2.05) is 36.1 Å². The highest BCUT2D eigenvalue weighted by molar-refractivity contribution is 5.96. The molecule has 3 rings (SSSR count). The number of nitro benzene ring substituents is 1. The Morgan fingerprint density at radius 2 is 1.81 bits per heavy atom. The highest BCUT2D eigenvalue weighted by Crippen LogP contribution is 2.31. The van der Waals surface area contributed by atoms with Crippen molar-refractivity contribution in [3.8, 4) is 5.75 Å². The molecular weight excluding hydrogens is 400 g/mol. The smallest absolute Gasteiger partial charge is 0.293 e. The SMILES string of the molecule is COc1ccccc1C(C)NC(=O)c1ccc(N2CCN(C(C)=O)CC2)c([N+](=O)[O-])c1. The van der Waals surface area contributed by atoms with Gasteiger partial charge in [0.2, 0.25) is 5.91 Å². The molecule has 164 valence electrons. The van der Waals surface area contributed by atoms with Crippen molar-refractivity contribution in [2.45, 2.75) is 19.9 Å². The molecule has 0 aliphatic carbocycles. The number of amides is 2. The van der Waals surface area contributed by atoms with Gasteiger partial charge in [0.25, 0.3) is 11.6 Å². The molecule has 1 fully saturated rings. The molecule has 2 aromatic rings. The van der Waals surface area contributed by atoms with Crippen molar-refractivity contribution in [2.24, 2.45) is 0 Å². The fraction of sp³-hybridized carbons (Fsp3) is 0.364. The van der Waals surface area contributed by atoms with Crippen molar-refractivity contribution >= 4 is 23.2 Å². The van der Waals surface area contributed by atoms with Gasteiger partial charge in [-0.2, -0.15) is 0 Å². The number of nitrogens with one attached hydrogen (secondary N) is 1. The summed E-state index contributed by atoms with van der Waals surface area (Å²) < 4.78 is 5.34. The van der Waals surface area contributed by atoms with Crippen LogP contribution in [0.5, 0.6) is 5.75 Å². The first-order chi connectivity index (χ1) is 14.8. The number of para-hydroxylation sites is 1. The highest BCUT2D eigenvalue weighted by Gasteiger charge is 2.26. The Morgan fingerprint density at radius 1 is 1.13 bits per heavy atom. The fourth-order valence-electron chi connectivity index (χ4n) is 3.72. The predicted molar refractivity (Wildman–Crippen MR) is 116 cm³/mol. The van der Waals surface area contributed by atoms with Crippen LogP contribution < -0.4 is 15.0 Å². The van der Waals surface area contributed by atoms with Crippen LogP contribution >= 0.6 is 0 Å². The lowest BCUT2D eigenvalue weighted by Crippen LogP contribution is -2.48. The summed E-state index contributed by atoms with van der Waals surface area (Å²) in [6.45, 7) is 5.34. The molecule has 0 aromatic heterocycles. The van der Waals surface area contributed by atoms with Gasteiger partial charge in [0.15, 0.2) is 0 Å². The predicted octanol–water partition coefficient (Wildman–Crippen LogP) is 2.76. The maximum atomic E-state index is 12.8. The minimum absolute atomic E-state index is 0.00895. The van der Waals surface area contributed by atoms with E-state index in [1.165, 1.54) is 13.0 Å². The van der Waals surface area contributed by atoms with Gasteiger partial charge in [0, 0.05) is 50.3 Å². The first-order valence-corrected chi connectivity index (χ1v) is 10.0. The Hall–Kier alpha value is -3.62. The number of carbonyl (C=O) groups excluding carboxylic acids is 2. The number of methoxy groups -OCH3 is 1. The van der Waals surface area contributed by atoms with Crippen molar-refractivity contribution in [2.75, 3.05) is 38.2 Å². The van der Waals surface area contributed by atoms with E-state index in [2.05, 4.69) is 5.32 Å². The van der Waals surface area contributed by atoms with Crippen molar-refractivity contribution in [3.05, 3.63) is 63.7 Å². The Morgan fingerprint density at radius 3 is 2.42 bits per heavy atom. The molecule has 1 N–H and O–H groups in total. The molecule has 1 aliphatic heterocycles. The van der Waals surface area contributed by atoms with Crippen molar-refractivity contribution < 1.29 is 19.2 Å². The van der Waals surface area contributed by atoms with E-state index in [0.29, 0.717) is 37.6 Å². The molecule has 31 heavy (non-hydrogen) atoms. The number of carbonyl (C=O) groups is 2. The first-order valence-electron chi connectivity index (χ1n) is 10.0. The zero-order valence-electron chi connectivity index (χ0n) is 17.8. The summed E-state index contributed by atoms with van der Waals surface area (Å²) in [7, 11) is 1.56. The summed E-state index contributed by atoms with van der Waals surface area (Å²) in [5, 5.41) is 14.6. The van der Waals surface area contributed by atoms with Crippen LogP contribution in [0.3, 0.4) is 0 Å². The molecule has 9 nitrogen and oxygen atoms in total. The third-order valence-corrected chi connectivity index (χ3v) is 5.45. The summed E-state index contributed by atoms with van der Waals surface area (Å²) in [4.78, 5) is 39.1. The molecule has 0 radical (unpaired) electrons. The summed E-state index contributed by atoms with van der Waals surface area (Å²) in [6, 6.07) is 11.5. The Bertz CT molecular complexity index is 986. The maximum Gasteiger partial charge on any atom is 0.293 e. The lowest BCUT2D eigenvalue weighted by Gasteiger charge is -2.35. The minimum atomic E-state index is -0.479. The van der Waals surface area contributed by atoms with Gasteiger partial charge >= 0.3 is 0 Å². The van der Waals surface area contributed by atoms with Gasteiger partial charge < -0.3 is 19.9 Å². The Kier molecular flexibility index (Phi) is 6.74. The second-order valence-corrected chi connectivity index (χ2v) is 7.39. The molecule has 9 heteroatoms. The molecule has 1 atom stereocenters. The molecule has 2 aromatic carbocycles. The van der Waals surface area contributed by atoms with Crippen molar-refractivity contribution in [1.82, 2.24) is 10.2 Å². The molecular formula is C22H26N4O5. The number of nitro groups is 1. The lowest BCUT2D eigenvalue weighted by atomic mass is 10.1. The molecule has 0 spiro atoms. The molecule has 2 amide bonds. The van der Waals surface area contributed by atoms with Crippen LogP contribution in [0.2, 0.25) is 0 Å². The average molecular weight is 426 g/mol. The zero-order valence-corrected chi connectivity index (χ0v) is 17.8. The quantitative estimate of drug-likeness (QED) is 0.563. The monoisotopic (exact) mass is 426 g/mol. The normalized spacial score (nSPS) is 14.7. The summed E-state index contributed by atoms with van der Waals surface area (Å²) in [5.74, 6) is 0.237. The number of rotatable bonds is 6. The number of piperazine rings is 1. The third kappa shape index (κ3) is 4.93. The zero-order chi connectivity index (χ0) is 22.5. The minimum Gasteiger partial charge on any atom is -0.496 e. The summed E-state index contributed by atoms with van der Waals surface area (Å²) >= 11 is 0. The van der Waals surface area contributed by atoms with E-state index in [0.717, 1.165) is 5.56 Å². The van der Waals surface area contributed by atoms with Crippen LogP contribution in [0.1, 0.15) is 35.8 Å². The standard InChI is InChI=1S/C22H26N4O5/c1-15(18-6-4-5-7-21(18)31-3)23-22(28)17-8-9-19(20(14-17)26(29)30)25-12-10-24(11-13-25)16(2)27/h4-9,14-15H,10-13H2,1-3H3,(H,23,28). The van der Waals surface area contributed by atoms with Crippen LogP contribution in [-0.4, -0.2) is 54.9 Å². The Labute approximate surface area is 180 Å². The lowest BCUT2D eigenvalue weighted by molar-refractivity contribution is -0.384. The molecule has 0 bridgehead atoms. The van der Waals surface area contributed by atoms with Crippen molar-refractivity contribution in [1.29, 1.82) is 0 Å². The topological polar surface area (TPSA) is 105 Å². The molecule has 1 heterocycles. The number of hydrogen-bond acceptors (Lipinski definition) is 6. The van der Waals surface area contributed by atoms with E-state index < -0.39 is 10.8 Å². The van der Waals surface area contributed by atoms with Crippen molar-refractivity contribution in [3.63, 3.8) is 0 Å². The van der Waals surface area contributed by atoms with Crippen LogP contribution in [0, 0.1) is 10.1 Å². The second-order valence-electron chi connectivity index (χ2n) is 7.39. The molecule has 1 saturated heterocycles. The first kappa shape index (κ1) is 22.1. The summed E-state index contributed by atoms with van der Waals surface area (Å²) in [5.41, 5.74) is 1.34. The Balaban J connectivity index is 1.78. The number of anilines is 1. The van der Waals surface area contributed by atoms with E-state index in [4.69, 9.17) is 4.74 Å². The second kappa shape index (κ2) is 9.46. The third-order valence-electron chi connectivity index (χ3n) is 5.45. The van der Waals surface area contributed by atoms with E-state index >= 15 is 0 Å². The van der Waals surface area contributed by atoms with Gasteiger partial charge in [-0.3, -0.25) is 19.7 Å². The molecule has 0 saturated carbocycles. The van der Waals surface area contributed by atoms with Gasteiger partial charge in [0.1, 0.15) is 11.4 Å². The average Bonchev–Trinajstić information content (AvgIpc) is 2.78. The van der Waals surface area contributed by atoms with Gasteiger partial charge in [-0.25, -0.2) is 0 Å². The largest absolute Gasteiger partial charge is 0.496 e. The van der Waals surface area contributed by atoms with Crippen LogP contribution in [-0.2, 0) is 4.79 Å². The number of benzene rings is 2. The molecule has 1 aliphatic rings. The highest BCUT2D eigenvalue weighted by atomic mass is 16.6. The van der Waals surface area contributed by atoms with Gasteiger partial charge in [-0.1, -0.05) is 18.2 Å². The van der Waals surface area contributed by atoms with Gasteiger partial charge in [-0.15, -0.1) is 0 Å². The van der Waals surface area contributed by atoms with E-state index in [9.17, 15) is 19.7 Å². The number of hydrogen-bond donors (Lipinski definition) is 1. The van der Waals surface area contributed by atoms with E-state index in [1.54, 1.807) is 24.1 Å². The molecule has 1 unspecified atom stereocenters. The van der Waals surface area contributed by atoms with E-state index in [-0.39, 0.29) is 23.2 Å². The van der Waals surface area contributed by atoms with Crippen LogP contribution in [0.15, 0.2) is 42.5 Å². The van der Waals surface area contributed by atoms with Gasteiger partial charge in [-0.05, 0) is 25.1 Å². The number of ether oxygens (including phenoxy) is 1. The maximum absolute atomic E-state index is 12.8. The van der Waals surface area contributed by atoms with Crippen LogP contribution in [0.25, 0.3) is 0 Å².